The van der Waals surface area contributed by atoms with Crippen LogP contribution < -0.4 is 20.1 Å². The van der Waals surface area contributed by atoms with E-state index in [9.17, 15) is 4.39 Å². The molecule has 2 aromatic carbocycles. The highest BCUT2D eigenvalue weighted by molar-refractivity contribution is 14.0. The Hall–Kier alpha value is -1.68. The fourth-order valence-electron chi connectivity index (χ4n) is 2.73. The van der Waals surface area contributed by atoms with E-state index >= 15 is 0 Å². The van der Waals surface area contributed by atoms with Crippen LogP contribution in [0.5, 0.6) is 11.5 Å². The zero-order valence-corrected chi connectivity index (χ0v) is 20.4. The first-order valence-electron chi connectivity index (χ1n) is 9.10. The standard InChI is InChI=1S/C21H28FN3O2S.HI/c1-5-23-21(24-12-15-6-9-19(26-2)20(10-15)27-3)25-13-16-7-8-18(22)11-17(16)14-28-4;/h6-11H,5,12-14H2,1-4H3,(H2,23,24,25);1H. The second-order valence-electron chi connectivity index (χ2n) is 6.08. The van der Waals surface area contributed by atoms with E-state index in [0.717, 1.165) is 29.0 Å². The highest BCUT2D eigenvalue weighted by Gasteiger charge is 2.07. The van der Waals surface area contributed by atoms with Crippen LogP contribution >= 0.6 is 35.7 Å². The van der Waals surface area contributed by atoms with E-state index in [-0.39, 0.29) is 29.8 Å². The van der Waals surface area contributed by atoms with Gasteiger partial charge in [-0.15, -0.1) is 24.0 Å². The van der Waals surface area contributed by atoms with Gasteiger partial charge in [0.1, 0.15) is 5.82 Å². The number of hydrogen-bond acceptors (Lipinski definition) is 4. The van der Waals surface area contributed by atoms with Gasteiger partial charge in [0.05, 0.1) is 20.8 Å². The SMILES string of the molecule is CCNC(=NCc1ccc(OC)c(OC)c1)NCc1ccc(F)cc1CSC.I. The molecule has 0 saturated carbocycles. The summed E-state index contributed by atoms with van der Waals surface area (Å²) < 4.78 is 24.1. The summed E-state index contributed by atoms with van der Waals surface area (Å²) in [5.74, 6) is 2.64. The van der Waals surface area contributed by atoms with Gasteiger partial charge in [-0.05, 0) is 54.1 Å². The average molecular weight is 533 g/mol. The average Bonchev–Trinajstić information content (AvgIpc) is 2.71. The minimum Gasteiger partial charge on any atom is -0.493 e. The van der Waals surface area contributed by atoms with Crippen LogP contribution in [0.15, 0.2) is 41.4 Å². The molecule has 2 rings (SSSR count). The number of guanidine groups is 1. The lowest BCUT2D eigenvalue weighted by molar-refractivity contribution is 0.354. The first-order chi connectivity index (χ1) is 13.6. The van der Waals surface area contributed by atoms with Crippen LogP contribution in [0.4, 0.5) is 4.39 Å². The maximum absolute atomic E-state index is 13.5. The van der Waals surface area contributed by atoms with E-state index in [4.69, 9.17) is 9.47 Å². The first-order valence-corrected chi connectivity index (χ1v) is 10.5. The van der Waals surface area contributed by atoms with Gasteiger partial charge in [0.25, 0.3) is 0 Å². The number of halogens is 2. The molecule has 0 amide bonds. The minimum atomic E-state index is -0.207. The molecule has 0 radical (unpaired) electrons. The van der Waals surface area contributed by atoms with Crippen LogP contribution in [0.25, 0.3) is 0 Å². The van der Waals surface area contributed by atoms with Gasteiger partial charge in [-0.25, -0.2) is 9.38 Å². The van der Waals surface area contributed by atoms with Gasteiger partial charge in [-0.3, -0.25) is 0 Å². The molecule has 0 aliphatic rings. The Balaban J connectivity index is 0.00000420. The van der Waals surface area contributed by atoms with E-state index in [1.807, 2.05) is 37.4 Å². The molecule has 29 heavy (non-hydrogen) atoms. The Morgan fingerprint density at radius 1 is 1.03 bits per heavy atom. The van der Waals surface area contributed by atoms with Crippen molar-refractivity contribution < 1.29 is 13.9 Å². The van der Waals surface area contributed by atoms with Crippen molar-refractivity contribution in [3.63, 3.8) is 0 Å². The zero-order valence-electron chi connectivity index (χ0n) is 17.3. The Morgan fingerprint density at radius 2 is 1.79 bits per heavy atom. The summed E-state index contributed by atoms with van der Waals surface area (Å²) in [5, 5.41) is 6.57. The number of nitrogens with one attached hydrogen (secondary N) is 2. The molecule has 0 heterocycles. The van der Waals surface area contributed by atoms with E-state index < -0.39 is 0 Å². The summed E-state index contributed by atoms with van der Waals surface area (Å²) in [5.41, 5.74) is 3.07. The smallest absolute Gasteiger partial charge is 0.191 e. The van der Waals surface area contributed by atoms with Crippen molar-refractivity contribution in [2.75, 3.05) is 27.0 Å². The maximum Gasteiger partial charge on any atom is 0.191 e. The normalized spacial score (nSPS) is 10.9. The number of methoxy groups -OCH3 is 2. The van der Waals surface area contributed by atoms with Crippen LogP contribution in [0.1, 0.15) is 23.6 Å². The highest BCUT2D eigenvalue weighted by Crippen LogP contribution is 2.27. The van der Waals surface area contributed by atoms with E-state index in [2.05, 4.69) is 15.6 Å². The molecule has 0 unspecified atom stereocenters. The molecule has 0 aromatic heterocycles. The predicted octanol–water partition coefficient (Wildman–Crippen LogP) is 4.58. The monoisotopic (exact) mass is 533 g/mol. The summed E-state index contributed by atoms with van der Waals surface area (Å²) in [4.78, 5) is 4.64. The van der Waals surface area contributed by atoms with Crippen molar-refractivity contribution in [2.24, 2.45) is 4.99 Å². The molecule has 160 valence electrons. The third-order valence-corrected chi connectivity index (χ3v) is 4.73. The number of rotatable bonds is 9. The third-order valence-electron chi connectivity index (χ3n) is 4.13. The topological polar surface area (TPSA) is 54.9 Å². The molecule has 0 aliphatic carbocycles. The zero-order chi connectivity index (χ0) is 20.4. The number of nitrogens with zero attached hydrogens (tertiary/aromatic N) is 1. The van der Waals surface area contributed by atoms with Gasteiger partial charge in [0.2, 0.25) is 0 Å². The molecule has 0 bridgehead atoms. The van der Waals surface area contributed by atoms with Gasteiger partial charge < -0.3 is 20.1 Å². The molecule has 0 atom stereocenters. The molecule has 0 spiro atoms. The lowest BCUT2D eigenvalue weighted by atomic mass is 10.1. The van der Waals surface area contributed by atoms with Crippen molar-refractivity contribution in [1.29, 1.82) is 0 Å². The van der Waals surface area contributed by atoms with Crippen molar-refractivity contribution in [3.05, 3.63) is 58.9 Å². The van der Waals surface area contributed by atoms with E-state index in [0.29, 0.717) is 30.5 Å². The van der Waals surface area contributed by atoms with Gasteiger partial charge in [0.15, 0.2) is 17.5 Å². The van der Waals surface area contributed by atoms with E-state index in [1.165, 1.54) is 6.07 Å². The molecular formula is C21H29FIN3O2S. The van der Waals surface area contributed by atoms with Crippen molar-refractivity contribution in [1.82, 2.24) is 10.6 Å². The van der Waals surface area contributed by atoms with Gasteiger partial charge >= 0.3 is 0 Å². The maximum atomic E-state index is 13.5. The van der Waals surface area contributed by atoms with Crippen molar-refractivity contribution in [2.45, 2.75) is 25.8 Å². The summed E-state index contributed by atoms with van der Waals surface area (Å²) in [6, 6.07) is 10.7. The Labute approximate surface area is 193 Å². The van der Waals surface area contributed by atoms with Gasteiger partial charge in [-0.2, -0.15) is 11.8 Å². The number of aliphatic imine (C=N–C) groups is 1. The first kappa shape index (κ1) is 25.4. The molecule has 0 saturated heterocycles. The molecule has 2 N–H and O–H groups in total. The fourth-order valence-corrected chi connectivity index (χ4v) is 3.31. The molecule has 0 fully saturated rings. The van der Waals surface area contributed by atoms with Gasteiger partial charge in [-0.1, -0.05) is 12.1 Å². The molecule has 8 heteroatoms. The quantitative estimate of drug-likeness (QED) is 0.281. The lowest BCUT2D eigenvalue weighted by Gasteiger charge is -2.14. The summed E-state index contributed by atoms with van der Waals surface area (Å²) in [6.07, 6.45) is 2.01. The minimum absolute atomic E-state index is 0. The predicted molar refractivity (Wildman–Crippen MR) is 130 cm³/mol. The largest absolute Gasteiger partial charge is 0.493 e. The van der Waals surface area contributed by atoms with Crippen LogP contribution in [0.2, 0.25) is 0 Å². The van der Waals surface area contributed by atoms with Crippen LogP contribution in [-0.2, 0) is 18.8 Å². The number of benzene rings is 2. The van der Waals surface area contributed by atoms with E-state index in [1.54, 1.807) is 32.0 Å². The van der Waals surface area contributed by atoms with Crippen LogP contribution in [0, 0.1) is 5.82 Å². The number of hydrogen-bond donors (Lipinski definition) is 2. The van der Waals surface area contributed by atoms with Crippen LogP contribution in [-0.4, -0.2) is 33.0 Å². The number of ether oxygens (including phenoxy) is 2. The van der Waals surface area contributed by atoms with Crippen molar-refractivity contribution in [3.8, 4) is 11.5 Å². The third kappa shape index (κ3) is 7.93. The summed E-state index contributed by atoms with van der Waals surface area (Å²) in [7, 11) is 3.23. The molecule has 0 aliphatic heterocycles. The highest BCUT2D eigenvalue weighted by atomic mass is 127. The number of thioether (sulfide) groups is 1. The second-order valence-corrected chi connectivity index (χ2v) is 6.95. The fraction of sp³-hybridized carbons (Fsp3) is 0.381. The van der Waals surface area contributed by atoms with Crippen molar-refractivity contribution >= 4 is 41.7 Å². The molecule has 5 nitrogen and oxygen atoms in total. The second kappa shape index (κ2) is 13.5. The Bertz CT molecular complexity index is 805. The Kier molecular flexibility index (Phi) is 11.8. The summed E-state index contributed by atoms with van der Waals surface area (Å²) >= 11 is 1.67. The molecule has 2 aromatic rings. The van der Waals surface area contributed by atoms with Gasteiger partial charge in [0, 0.05) is 18.8 Å². The lowest BCUT2D eigenvalue weighted by Crippen LogP contribution is -2.37. The summed E-state index contributed by atoms with van der Waals surface area (Å²) in [6.45, 7) is 3.84. The molecular weight excluding hydrogens is 504 g/mol. The van der Waals surface area contributed by atoms with Crippen LogP contribution in [0.3, 0.4) is 0 Å². The Morgan fingerprint density at radius 3 is 2.45 bits per heavy atom.